The van der Waals surface area contributed by atoms with E-state index in [0.717, 1.165) is 16.5 Å². The third-order valence-corrected chi connectivity index (χ3v) is 2.99. The monoisotopic (exact) mass is 236 g/mol. The number of para-hydroxylation sites is 1. The highest BCUT2D eigenvalue weighted by molar-refractivity contribution is 6.14. The number of benzene rings is 2. The molecule has 1 aromatic heterocycles. The van der Waals surface area contributed by atoms with Crippen LogP contribution in [0.15, 0.2) is 54.6 Å². The van der Waals surface area contributed by atoms with E-state index < -0.39 is 0 Å². The Labute approximate surface area is 104 Å². The average Bonchev–Trinajstić information content (AvgIpc) is 2.77. The van der Waals surface area contributed by atoms with E-state index >= 15 is 0 Å². The van der Waals surface area contributed by atoms with Crippen molar-refractivity contribution in [2.75, 3.05) is 0 Å². The van der Waals surface area contributed by atoms with Crippen LogP contribution in [0.5, 0.6) is 5.75 Å². The van der Waals surface area contributed by atoms with Crippen LogP contribution in [-0.2, 0) is 0 Å². The topological polar surface area (TPSA) is 59.9 Å². The van der Waals surface area contributed by atoms with E-state index in [4.69, 9.17) is 5.41 Å². The number of H-pyrrole nitrogens is 1. The Balaban J connectivity index is 2.15. The van der Waals surface area contributed by atoms with Crippen LogP contribution in [0.1, 0.15) is 11.3 Å². The zero-order valence-electron chi connectivity index (χ0n) is 9.64. The summed E-state index contributed by atoms with van der Waals surface area (Å²) in [4.78, 5) is 3.09. The molecule has 3 heteroatoms. The molecule has 3 nitrogen and oxygen atoms in total. The maximum absolute atomic E-state index is 10.1. The van der Waals surface area contributed by atoms with Gasteiger partial charge in [0.15, 0.2) is 5.75 Å². The van der Waals surface area contributed by atoms with Crippen LogP contribution in [0.2, 0.25) is 0 Å². The summed E-state index contributed by atoms with van der Waals surface area (Å²) in [7, 11) is 0. The van der Waals surface area contributed by atoms with Crippen molar-refractivity contribution in [3.8, 4) is 5.75 Å². The molecule has 1 heterocycles. The normalized spacial score (nSPS) is 10.7. The van der Waals surface area contributed by atoms with Crippen molar-refractivity contribution in [2.24, 2.45) is 0 Å². The molecule has 88 valence electrons. The van der Waals surface area contributed by atoms with Gasteiger partial charge in [-0.3, -0.25) is 5.41 Å². The lowest BCUT2D eigenvalue weighted by atomic mass is 10.1. The summed E-state index contributed by atoms with van der Waals surface area (Å²) >= 11 is 0. The number of fused-ring (bicyclic) bond motifs is 1. The summed E-state index contributed by atoms with van der Waals surface area (Å²) in [5, 5.41) is 19.0. The zero-order chi connectivity index (χ0) is 12.5. The van der Waals surface area contributed by atoms with Crippen LogP contribution in [0.3, 0.4) is 0 Å². The Morgan fingerprint density at radius 2 is 1.61 bits per heavy atom. The van der Waals surface area contributed by atoms with Crippen molar-refractivity contribution in [3.63, 3.8) is 0 Å². The predicted octanol–water partition coefficient (Wildman–Crippen LogP) is 3.29. The third-order valence-electron chi connectivity index (χ3n) is 2.99. The highest BCUT2D eigenvalue weighted by Crippen LogP contribution is 2.29. The van der Waals surface area contributed by atoms with Crippen molar-refractivity contribution in [2.45, 2.75) is 0 Å². The first-order valence-electron chi connectivity index (χ1n) is 5.71. The van der Waals surface area contributed by atoms with Gasteiger partial charge in [-0.25, -0.2) is 0 Å². The van der Waals surface area contributed by atoms with Crippen molar-refractivity contribution < 1.29 is 5.11 Å². The first-order valence-corrected chi connectivity index (χ1v) is 5.71. The number of rotatable bonds is 2. The summed E-state index contributed by atoms with van der Waals surface area (Å²) in [5.41, 5.74) is 2.37. The minimum absolute atomic E-state index is 0.138. The van der Waals surface area contributed by atoms with Crippen LogP contribution >= 0.6 is 0 Å². The number of hydrogen-bond donors (Lipinski definition) is 3. The number of aromatic amines is 1. The van der Waals surface area contributed by atoms with Crippen LogP contribution in [0.4, 0.5) is 0 Å². The fourth-order valence-corrected chi connectivity index (χ4v) is 2.06. The Bertz CT molecular complexity index is 714. The number of aromatic hydroxyl groups is 1. The van der Waals surface area contributed by atoms with Crippen molar-refractivity contribution in [1.82, 2.24) is 4.98 Å². The third kappa shape index (κ3) is 1.57. The van der Waals surface area contributed by atoms with Gasteiger partial charge in [0.2, 0.25) is 0 Å². The minimum atomic E-state index is 0.138. The van der Waals surface area contributed by atoms with Crippen LogP contribution in [0.25, 0.3) is 10.9 Å². The lowest BCUT2D eigenvalue weighted by molar-refractivity contribution is 0.480. The highest BCUT2D eigenvalue weighted by atomic mass is 16.3. The predicted molar refractivity (Wildman–Crippen MR) is 72.3 cm³/mol. The molecule has 0 aliphatic heterocycles. The van der Waals surface area contributed by atoms with E-state index in [1.54, 1.807) is 0 Å². The first-order chi connectivity index (χ1) is 8.77. The highest BCUT2D eigenvalue weighted by Gasteiger charge is 2.14. The molecule has 0 amide bonds. The molecule has 3 rings (SSSR count). The Kier molecular flexibility index (Phi) is 2.38. The molecule has 0 saturated heterocycles. The lowest BCUT2D eigenvalue weighted by Gasteiger charge is -2.02. The molecule has 0 aliphatic rings. The van der Waals surface area contributed by atoms with Crippen LogP contribution in [-0.4, -0.2) is 15.8 Å². The fraction of sp³-hybridized carbons (Fsp3) is 0. The van der Waals surface area contributed by atoms with Gasteiger partial charge in [-0.2, -0.15) is 0 Å². The zero-order valence-corrected chi connectivity index (χ0v) is 9.64. The van der Waals surface area contributed by atoms with Gasteiger partial charge in [0.05, 0.1) is 5.71 Å². The van der Waals surface area contributed by atoms with Gasteiger partial charge < -0.3 is 10.1 Å². The molecule has 0 radical (unpaired) electrons. The molecule has 3 N–H and O–H groups in total. The quantitative estimate of drug-likeness (QED) is 0.587. The molecule has 18 heavy (non-hydrogen) atoms. The second kappa shape index (κ2) is 4.04. The summed E-state index contributed by atoms with van der Waals surface area (Å²) in [6, 6.07) is 16.9. The number of hydrogen-bond acceptors (Lipinski definition) is 2. The number of aromatic nitrogens is 1. The van der Waals surface area contributed by atoms with E-state index in [1.165, 1.54) is 0 Å². The molecule has 0 spiro atoms. The second-order valence-electron chi connectivity index (χ2n) is 4.14. The van der Waals surface area contributed by atoms with Crippen molar-refractivity contribution >= 4 is 16.6 Å². The Morgan fingerprint density at radius 1 is 0.944 bits per heavy atom. The van der Waals surface area contributed by atoms with E-state index in [2.05, 4.69) is 4.98 Å². The largest absolute Gasteiger partial charge is 0.505 e. The minimum Gasteiger partial charge on any atom is -0.505 e. The SMILES string of the molecule is N=C(c1ccccc1)c1[nH]c2ccccc2c1O. The molecule has 0 aliphatic carbocycles. The summed E-state index contributed by atoms with van der Waals surface area (Å²) in [6.45, 7) is 0. The molecule has 0 bridgehead atoms. The molecule has 0 atom stereocenters. The van der Waals surface area contributed by atoms with Gasteiger partial charge in [0.1, 0.15) is 5.69 Å². The van der Waals surface area contributed by atoms with E-state index in [1.807, 2.05) is 54.6 Å². The number of nitrogens with one attached hydrogen (secondary N) is 2. The second-order valence-corrected chi connectivity index (χ2v) is 4.14. The molecule has 3 aromatic rings. The molecule has 0 fully saturated rings. The standard InChI is InChI=1S/C15H12N2O/c16-13(10-6-2-1-3-7-10)14-15(18)11-8-4-5-9-12(11)17-14/h1-9,16-18H. The van der Waals surface area contributed by atoms with E-state index in [9.17, 15) is 5.11 Å². The van der Waals surface area contributed by atoms with Gasteiger partial charge >= 0.3 is 0 Å². The lowest BCUT2D eigenvalue weighted by Crippen LogP contribution is -2.01. The van der Waals surface area contributed by atoms with Crippen molar-refractivity contribution in [1.29, 1.82) is 5.41 Å². The van der Waals surface area contributed by atoms with Gasteiger partial charge in [-0.05, 0) is 12.1 Å². The average molecular weight is 236 g/mol. The first kappa shape index (κ1) is 10.6. The summed E-state index contributed by atoms with van der Waals surface area (Å²) in [6.07, 6.45) is 0. The molecular weight excluding hydrogens is 224 g/mol. The molecular formula is C15H12N2O. The molecule has 2 aromatic carbocycles. The van der Waals surface area contributed by atoms with Gasteiger partial charge in [-0.15, -0.1) is 0 Å². The van der Waals surface area contributed by atoms with E-state index in [-0.39, 0.29) is 5.75 Å². The van der Waals surface area contributed by atoms with Crippen molar-refractivity contribution in [3.05, 3.63) is 65.9 Å². The molecule has 0 saturated carbocycles. The summed E-state index contributed by atoms with van der Waals surface area (Å²) in [5.74, 6) is 0.138. The molecule has 0 unspecified atom stereocenters. The van der Waals surface area contributed by atoms with Gasteiger partial charge in [0, 0.05) is 16.5 Å². The van der Waals surface area contributed by atoms with Crippen LogP contribution < -0.4 is 0 Å². The fourth-order valence-electron chi connectivity index (χ4n) is 2.06. The Hall–Kier alpha value is -2.55. The van der Waals surface area contributed by atoms with E-state index in [0.29, 0.717) is 11.4 Å². The Morgan fingerprint density at radius 3 is 2.33 bits per heavy atom. The van der Waals surface area contributed by atoms with Crippen LogP contribution in [0, 0.1) is 5.41 Å². The van der Waals surface area contributed by atoms with Gasteiger partial charge in [0.25, 0.3) is 0 Å². The maximum Gasteiger partial charge on any atom is 0.150 e. The maximum atomic E-state index is 10.1. The van der Waals surface area contributed by atoms with Gasteiger partial charge in [-0.1, -0.05) is 42.5 Å². The summed E-state index contributed by atoms with van der Waals surface area (Å²) < 4.78 is 0. The smallest absolute Gasteiger partial charge is 0.150 e.